The van der Waals surface area contributed by atoms with Crippen molar-refractivity contribution in [2.45, 2.75) is 19.9 Å². The van der Waals surface area contributed by atoms with Crippen LogP contribution < -0.4 is 5.32 Å². The maximum absolute atomic E-state index is 11.3. The molecule has 2 rings (SSSR count). The van der Waals surface area contributed by atoms with Crippen molar-refractivity contribution >= 4 is 11.8 Å². The van der Waals surface area contributed by atoms with Crippen molar-refractivity contribution in [3.05, 3.63) is 27.8 Å². The van der Waals surface area contributed by atoms with E-state index in [1.54, 1.807) is 0 Å². The second-order valence-electron chi connectivity index (χ2n) is 5.31. The fraction of sp³-hybridized carbons (Fsp3) is 0.417. The van der Waals surface area contributed by atoms with Crippen LogP contribution in [0.15, 0.2) is 12.1 Å². The molecule has 8 nitrogen and oxygen atoms in total. The Kier molecular flexibility index (Phi) is 3.16. The molecule has 1 aliphatic heterocycles. The van der Waals surface area contributed by atoms with Crippen molar-refractivity contribution in [1.29, 1.82) is 0 Å². The summed E-state index contributed by atoms with van der Waals surface area (Å²) in [7, 11) is 0. The molecule has 0 aromatic heterocycles. The minimum absolute atomic E-state index is 0.138. The molecule has 1 saturated heterocycles. The Labute approximate surface area is 114 Å². The van der Waals surface area contributed by atoms with Crippen LogP contribution in [-0.2, 0) is 4.74 Å². The van der Waals surface area contributed by atoms with Crippen LogP contribution in [0.1, 0.15) is 25.5 Å². The smallest absolute Gasteiger partial charge is 0.407 e. The van der Waals surface area contributed by atoms with E-state index in [0.717, 1.165) is 6.07 Å². The first-order chi connectivity index (χ1) is 9.22. The monoisotopic (exact) mass is 282 g/mol. The lowest BCUT2D eigenvalue weighted by molar-refractivity contribution is -0.386. The van der Waals surface area contributed by atoms with E-state index in [-0.39, 0.29) is 6.61 Å². The predicted octanol–water partition coefficient (Wildman–Crippen LogP) is 1.81. The molecule has 1 fully saturated rings. The normalized spacial score (nSPS) is 20.9. The van der Waals surface area contributed by atoms with E-state index in [2.05, 4.69) is 5.32 Å². The maximum atomic E-state index is 11.3. The molecule has 0 unspecified atom stereocenters. The molecule has 3 N–H and O–H groups in total. The third kappa shape index (κ3) is 2.31. The summed E-state index contributed by atoms with van der Waals surface area (Å²) < 4.78 is 4.88. The van der Waals surface area contributed by atoms with Gasteiger partial charge in [0.05, 0.1) is 11.0 Å². The third-order valence-electron chi connectivity index (χ3n) is 3.24. The Bertz CT molecular complexity index is 584. The van der Waals surface area contributed by atoms with Crippen LogP contribution in [0, 0.1) is 15.5 Å². The van der Waals surface area contributed by atoms with Gasteiger partial charge in [-0.05, 0) is 11.6 Å². The van der Waals surface area contributed by atoms with Crippen molar-refractivity contribution in [3.63, 3.8) is 0 Å². The van der Waals surface area contributed by atoms with Gasteiger partial charge in [0.2, 0.25) is 5.75 Å². The molecule has 1 amide bonds. The molecular formula is C12H14N2O6. The molecule has 1 aliphatic rings. The van der Waals surface area contributed by atoms with E-state index in [9.17, 15) is 25.1 Å². The molecule has 0 aliphatic carbocycles. The van der Waals surface area contributed by atoms with Gasteiger partial charge in [0, 0.05) is 11.5 Å². The van der Waals surface area contributed by atoms with Gasteiger partial charge in [-0.15, -0.1) is 0 Å². The van der Waals surface area contributed by atoms with Crippen molar-refractivity contribution in [2.24, 2.45) is 5.41 Å². The Morgan fingerprint density at radius 1 is 1.45 bits per heavy atom. The quantitative estimate of drug-likeness (QED) is 0.432. The summed E-state index contributed by atoms with van der Waals surface area (Å²) in [6.07, 6.45) is -0.635. The highest BCUT2D eigenvalue weighted by Crippen LogP contribution is 2.43. The van der Waals surface area contributed by atoms with Gasteiger partial charge in [-0.2, -0.15) is 0 Å². The number of hydrogen-bond acceptors (Lipinski definition) is 6. The highest BCUT2D eigenvalue weighted by atomic mass is 16.6. The molecule has 1 atom stereocenters. The molecule has 1 aromatic carbocycles. The highest BCUT2D eigenvalue weighted by molar-refractivity contribution is 5.69. The topological polar surface area (TPSA) is 122 Å². The van der Waals surface area contributed by atoms with E-state index in [4.69, 9.17) is 4.74 Å². The van der Waals surface area contributed by atoms with Crippen molar-refractivity contribution in [3.8, 4) is 11.5 Å². The average Bonchev–Trinajstić information content (AvgIpc) is 2.35. The number of nitrogens with one attached hydrogen (secondary N) is 1. The van der Waals surface area contributed by atoms with Crippen LogP contribution in [-0.4, -0.2) is 27.8 Å². The first-order valence-electron chi connectivity index (χ1n) is 5.86. The standard InChI is InChI=1S/C12H14N2O6/c1-12(2)5-20-11(17)13-10(12)6-3-7(14(18)19)9(16)8(15)4-6/h3-4,10,15-16H,5H2,1-2H3,(H,13,17)/t10-/m0/s1. The average molecular weight is 282 g/mol. The predicted molar refractivity (Wildman–Crippen MR) is 67.4 cm³/mol. The first-order valence-corrected chi connectivity index (χ1v) is 5.86. The number of hydrogen-bond donors (Lipinski definition) is 3. The number of amides is 1. The summed E-state index contributed by atoms with van der Waals surface area (Å²) in [5, 5.41) is 32.5. The van der Waals surface area contributed by atoms with Gasteiger partial charge in [0.25, 0.3) is 0 Å². The van der Waals surface area contributed by atoms with E-state index < -0.39 is 39.7 Å². The van der Waals surface area contributed by atoms with Crippen LogP contribution >= 0.6 is 0 Å². The van der Waals surface area contributed by atoms with Crippen LogP contribution in [0.3, 0.4) is 0 Å². The molecule has 1 aromatic rings. The van der Waals surface area contributed by atoms with Crippen LogP contribution in [0.5, 0.6) is 11.5 Å². The van der Waals surface area contributed by atoms with Gasteiger partial charge >= 0.3 is 11.8 Å². The fourth-order valence-corrected chi connectivity index (χ4v) is 2.16. The lowest BCUT2D eigenvalue weighted by Gasteiger charge is -2.38. The number of nitro benzene ring substituents is 1. The molecule has 1 heterocycles. The molecule has 0 radical (unpaired) electrons. The van der Waals surface area contributed by atoms with Gasteiger partial charge in [-0.25, -0.2) is 4.79 Å². The highest BCUT2D eigenvalue weighted by Gasteiger charge is 2.39. The zero-order chi connectivity index (χ0) is 15.1. The van der Waals surface area contributed by atoms with Crippen LogP contribution in [0.4, 0.5) is 10.5 Å². The van der Waals surface area contributed by atoms with Crippen LogP contribution in [0.25, 0.3) is 0 Å². The second-order valence-corrected chi connectivity index (χ2v) is 5.31. The van der Waals surface area contributed by atoms with Crippen molar-refractivity contribution < 1.29 is 24.7 Å². The summed E-state index contributed by atoms with van der Waals surface area (Å²) in [5.41, 5.74) is -0.809. The SMILES string of the molecule is CC1(C)COC(=O)N[C@H]1c1cc(O)c(O)c([N+](=O)[O-])c1. The minimum atomic E-state index is -0.799. The number of cyclic esters (lactones) is 1. The van der Waals surface area contributed by atoms with Gasteiger partial charge in [0.1, 0.15) is 6.61 Å². The third-order valence-corrected chi connectivity index (χ3v) is 3.24. The summed E-state index contributed by atoms with van der Waals surface area (Å²) in [6, 6.07) is 1.75. The van der Waals surface area contributed by atoms with E-state index in [1.165, 1.54) is 6.07 Å². The van der Waals surface area contributed by atoms with Crippen LogP contribution in [0.2, 0.25) is 0 Å². The molecule has 0 spiro atoms. The summed E-state index contributed by atoms with van der Waals surface area (Å²) in [4.78, 5) is 21.4. The molecule has 8 heteroatoms. The molecule has 20 heavy (non-hydrogen) atoms. The first kappa shape index (κ1) is 13.9. The number of benzene rings is 1. The number of aromatic hydroxyl groups is 2. The molecule has 0 bridgehead atoms. The number of carbonyl (C=O) groups is 1. The lowest BCUT2D eigenvalue weighted by atomic mass is 9.80. The number of rotatable bonds is 2. The summed E-state index contributed by atoms with van der Waals surface area (Å²) in [6.45, 7) is 3.76. The number of nitrogens with zero attached hydrogens (tertiary/aromatic N) is 1. The summed E-state index contributed by atoms with van der Waals surface area (Å²) >= 11 is 0. The molecule has 0 saturated carbocycles. The van der Waals surface area contributed by atoms with Gasteiger partial charge in [0.15, 0.2) is 5.75 Å². The number of alkyl carbamates (subject to hydrolysis) is 1. The second kappa shape index (κ2) is 4.55. The fourth-order valence-electron chi connectivity index (χ4n) is 2.16. The minimum Gasteiger partial charge on any atom is -0.504 e. The number of ether oxygens (including phenoxy) is 1. The van der Waals surface area contributed by atoms with E-state index >= 15 is 0 Å². The Morgan fingerprint density at radius 2 is 2.10 bits per heavy atom. The van der Waals surface area contributed by atoms with Crippen molar-refractivity contribution in [1.82, 2.24) is 5.32 Å². The molecule has 108 valence electrons. The zero-order valence-corrected chi connectivity index (χ0v) is 10.9. The lowest BCUT2D eigenvalue weighted by Crippen LogP contribution is -2.46. The Balaban J connectivity index is 2.51. The molecular weight excluding hydrogens is 268 g/mol. The zero-order valence-electron chi connectivity index (χ0n) is 10.9. The number of carbonyl (C=O) groups excluding carboxylic acids is 1. The Morgan fingerprint density at radius 3 is 2.70 bits per heavy atom. The van der Waals surface area contributed by atoms with Gasteiger partial charge in [-0.3, -0.25) is 10.1 Å². The number of phenolic OH excluding ortho intramolecular Hbond substituents is 2. The van der Waals surface area contributed by atoms with E-state index in [0.29, 0.717) is 5.56 Å². The Hall–Kier alpha value is -2.51. The maximum Gasteiger partial charge on any atom is 0.407 e. The number of nitro groups is 1. The van der Waals surface area contributed by atoms with Crippen molar-refractivity contribution in [2.75, 3.05) is 6.61 Å². The number of phenols is 2. The largest absolute Gasteiger partial charge is 0.504 e. The van der Waals surface area contributed by atoms with Gasteiger partial charge < -0.3 is 20.3 Å². The van der Waals surface area contributed by atoms with Gasteiger partial charge in [-0.1, -0.05) is 13.8 Å². The summed E-state index contributed by atoms with van der Waals surface area (Å²) in [5.74, 6) is -1.40. The van der Waals surface area contributed by atoms with E-state index in [1.807, 2.05) is 13.8 Å².